The molecular formula is C24H18Cl3F2N3O4. The van der Waals surface area contributed by atoms with Crippen molar-refractivity contribution in [1.82, 2.24) is 4.90 Å². The lowest BCUT2D eigenvalue weighted by atomic mass is 9.74. The number of nitrogens with one attached hydrogen (secondary N) is 1. The quantitative estimate of drug-likeness (QED) is 0.525. The molecule has 1 spiro atoms. The zero-order chi connectivity index (χ0) is 25.7. The van der Waals surface area contributed by atoms with Crippen LogP contribution < -0.4 is 15.0 Å². The van der Waals surface area contributed by atoms with Crippen LogP contribution in [0.3, 0.4) is 0 Å². The summed E-state index contributed by atoms with van der Waals surface area (Å²) in [5.74, 6) is -2.90. The molecule has 5 atom stereocenters. The molecule has 3 saturated heterocycles. The lowest BCUT2D eigenvalue weighted by molar-refractivity contribution is -0.127. The molecule has 7 nitrogen and oxygen atoms in total. The molecule has 4 aliphatic heterocycles. The predicted octanol–water partition coefficient (Wildman–Crippen LogP) is 4.64. The minimum Gasteiger partial charge on any atom is -0.497 e. The third-order valence-corrected chi connectivity index (χ3v) is 8.47. The van der Waals surface area contributed by atoms with Crippen LogP contribution in [0, 0.1) is 11.8 Å². The SMILES string of the molecule is COc1cc(Cl)cc(N2C(=O)C3C4CC(=C(F)F)CN4C4(c5cc(Cl)cc(Cl)c5NC4O)C3C2=O)c1. The Morgan fingerprint density at radius 1 is 1.11 bits per heavy atom. The molecule has 36 heavy (non-hydrogen) atoms. The second-order valence-corrected chi connectivity index (χ2v) is 10.6. The number of amides is 2. The smallest absolute Gasteiger partial charge is 0.270 e. The van der Waals surface area contributed by atoms with Crippen LogP contribution in [0.4, 0.5) is 20.2 Å². The van der Waals surface area contributed by atoms with Gasteiger partial charge in [-0.3, -0.25) is 14.5 Å². The van der Waals surface area contributed by atoms with Gasteiger partial charge in [-0.05, 0) is 30.7 Å². The lowest BCUT2D eigenvalue weighted by Crippen LogP contribution is -2.56. The van der Waals surface area contributed by atoms with Crippen molar-refractivity contribution >= 4 is 58.0 Å². The normalized spacial score (nSPS) is 30.6. The van der Waals surface area contributed by atoms with Gasteiger partial charge in [0.05, 0.1) is 35.3 Å². The maximum Gasteiger partial charge on any atom is 0.270 e. The third kappa shape index (κ3) is 2.98. The van der Waals surface area contributed by atoms with Gasteiger partial charge in [-0.2, -0.15) is 8.78 Å². The van der Waals surface area contributed by atoms with Crippen molar-refractivity contribution in [2.24, 2.45) is 11.8 Å². The van der Waals surface area contributed by atoms with Crippen molar-refractivity contribution in [3.63, 3.8) is 0 Å². The van der Waals surface area contributed by atoms with Crippen molar-refractivity contribution in [2.75, 3.05) is 23.9 Å². The molecule has 0 aliphatic carbocycles. The molecule has 4 aliphatic rings. The van der Waals surface area contributed by atoms with E-state index in [0.717, 1.165) is 4.90 Å². The summed E-state index contributed by atoms with van der Waals surface area (Å²) in [5.41, 5.74) is -0.776. The van der Waals surface area contributed by atoms with Crippen molar-refractivity contribution in [1.29, 1.82) is 0 Å². The predicted molar refractivity (Wildman–Crippen MR) is 130 cm³/mol. The van der Waals surface area contributed by atoms with Gasteiger partial charge >= 0.3 is 0 Å². The number of nitrogens with zero attached hydrogens (tertiary/aromatic N) is 2. The van der Waals surface area contributed by atoms with Gasteiger partial charge in [0, 0.05) is 39.8 Å². The zero-order valence-corrected chi connectivity index (χ0v) is 20.8. The number of rotatable bonds is 2. The van der Waals surface area contributed by atoms with Gasteiger partial charge in [0.15, 0.2) is 0 Å². The summed E-state index contributed by atoms with van der Waals surface area (Å²) < 4.78 is 32.8. The van der Waals surface area contributed by atoms with Gasteiger partial charge in [0.1, 0.15) is 17.5 Å². The maximum absolute atomic E-state index is 14.1. The standard InChI is InChI=1S/C24H18Cl3F2N3O4/c1-36-13-4-10(25)3-12(7-13)32-21(33)17-16-2-9(20(28)29)8-31(16)24(18(17)22(32)34)14-5-11(26)6-15(27)19(14)30-23(24)35/h3-7,16-18,23,30,35H,2,8H2,1H3. The summed E-state index contributed by atoms with van der Waals surface area (Å²) >= 11 is 18.9. The Bertz CT molecular complexity index is 1380. The first-order valence-corrected chi connectivity index (χ1v) is 12.2. The van der Waals surface area contributed by atoms with E-state index in [0.29, 0.717) is 17.0 Å². The number of benzene rings is 2. The molecule has 5 unspecified atom stereocenters. The van der Waals surface area contributed by atoms with Gasteiger partial charge < -0.3 is 15.2 Å². The van der Waals surface area contributed by atoms with E-state index < -0.39 is 47.5 Å². The number of imide groups is 1. The van der Waals surface area contributed by atoms with Gasteiger partial charge in [-0.1, -0.05) is 34.8 Å². The molecular weight excluding hydrogens is 539 g/mol. The van der Waals surface area contributed by atoms with E-state index >= 15 is 0 Å². The Morgan fingerprint density at radius 3 is 2.53 bits per heavy atom. The van der Waals surface area contributed by atoms with Crippen LogP contribution in [0.2, 0.25) is 15.1 Å². The van der Waals surface area contributed by atoms with E-state index in [1.807, 2.05) is 0 Å². The summed E-state index contributed by atoms with van der Waals surface area (Å²) in [6, 6.07) is 6.77. The minimum atomic E-state index is -1.84. The number of halogens is 5. The van der Waals surface area contributed by atoms with Crippen molar-refractivity contribution in [2.45, 2.75) is 24.2 Å². The van der Waals surface area contributed by atoms with Gasteiger partial charge in [-0.15, -0.1) is 0 Å². The summed E-state index contributed by atoms with van der Waals surface area (Å²) in [6.07, 6.45) is -3.38. The van der Waals surface area contributed by atoms with Crippen LogP contribution in [0.15, 0.2) is 42.0 Å². The van der Waals surface area contributed by atoms with E-state index in [1.165, 1.54) is 31.4 Å². The molecule has 3 fully saturated rings. The monoisotopic (exact) mass is 555 g/mol. The first-order chi connectivity index (χ1) is 17.1. The Hall–Kier alpha value is -2.43. The summed E-state index contributed by atoms with van der Waals surface area (Å²) in [5, 5.41) is 15.0. The molecule has 6 rings (SSSR count). The highest BCUT2D eigenvalue weighted by molar-refractivity contribution is 6.37. The highest BCUT2D eigenvalue weighted by Gasteiger charge is 2.75. The van der Waals surface area contributed by atoms with Crippen molar-refractivity contribution in [3.8, 4) is 5.75 Å². The number of methoxy groups -OCH3 is 1. The van der Waals surface area contributed by atoms with Crippen molar-refractivity contribution < 1.29 is 28.2 Å². The molecule has 2 aromatic carbocycles. The fourth-order valence-electron chi connectivity index (χ4n) is 6.46. The highest BCUT2D eigenvalue weighted by Crippen LogP contribution is 2.63. The van der Waals surface area contributed by atoms with E-state index in [9.17, 15) is 23.5 Å². The fraction of sp³-hybridized carbons (Fsp3) is 0.333. The molecule has 0 aromatic heterocycles. The molecule has 2 aromatic rings. The summed E-state index contributed by atoms with van der Waals surface area (Å²) in [7, 11) is 1.42. The number of carbonyl (C=O) groups is 2. The van der Waals surface area contributed by atoms with Crippen LogP contribution in [0.25, 0.3) is 0 Å². The second-order valence-electron chi connectivity index (χ2n) is 9.31. The number of fused-ring (bicyclic) bond motifs is 7. The summed E-state index contributed by atoms with van der Waals surface area (Å²) in [4.78, 5) is 30.6. The maximum atomic E-state index is 14.1. The van der Waals surface area contributed by atoms with Crippen LogP contribution in [0.1, 0.15) is 12.0 Å². The Labute approximate surface area is 219 Å². The second kappa shape index (κ2) is 8.03. The molecule has 188 valence electrons. The van der Waals surface area contributed by atoms with Crippen molar-refractivity contribution in [3.05, 3.63) is 62.6 Å². The number of ether oxygens (including phenoxy) is 1. The summed E-state index contributed by atoms with van der Waals surface area (Å²) in [6.45, 7) is -0.214. The van der Waals surface area contributed by atoms with E-state index in [2.05, 4.69) is 5.32 Å². The molecule has 4 heterocycles. The number of anilines is 2. The van der Waals surface area contributed by atoms with Crippen LogP contribution in [-0.2, 0) is 15.1 Å². The lowest BCUT2D eigenvalue weighted by Gasteiger charge is -2.41. The van der Waals surface area contributed by atoms with Gasteiger partial charge in [-0.25, -0.2) is 4.90 Å². The molecule has 12 heteroatoms. The minimum absolute atomic E-state index is 0.118. The topological polar surface area (TPSA) is 82.1 Å². The number of aliphatic hydroxyl groups is 1. The molecule has 2 N–H and O–H groups in total. The fourth-order valence-corrected chi connectivity index (χ4v) is 7.23. The number of hydrogen-bond donors (Lipinski definition) is 2. The van der Waals surface area contributed by atoms with Crippen LogP contribution in [-0.4, -0.2) is 47.7 Å². The van der Waals surface area contributed by atoms with Gasteiger partial charge in [0.2, 0.25) is 11.8 Å². The van der Waals surface area contributed by atoms with E-state index in [4.69, 9.17) is 39.5 Å². The average Bonchev–Trinajstić information content (AvgIpc) is 3.50. The number of aliphatic hydroxyl groups excluding tert-OH is 1. The Kier molecular flexibility index (Phi) is 5.34. The average molecular weight is 557 g/mol. The van der Waals surface area contributed by atoms with Crippen LogP contribution >= 0.6 is 34.8 Å². The largest absolute Gasteiger partial charge is 0.497 e. The third-order valence-electron chi connectivity index (χ3n) is 7.73. The van der Waals surface area contributed by atoms with E-state index in [1.54, 1.807) is 11.0 Å². The Morgan fingerprint density at radius 2 is 1.83 bits per heavy atom. The zero-order valence-electron chi connectivity index (χ0n) is 18.6. The Balaban J connectivity index is 1.58. The first-order valence-electron chi connectivity index (χ1n) is 11.1. The van der Waals surface area contributed by atoms with E-state index in [-0.39, 0.29) is 39.3 Å². The number of carbonyl (C=O) groups excluding carboxylic acids is 2. The molecule has 2 amide bonds. The van der Waals surface area contributed by atoms with Gasteiger partial charge in [0.25, 0.3) is 6.08 Å². The molecule has 0 radical (unpaired) electrons. The molecule has 0 bridgehead atoms. The highest BCUT2D eigenvalue weighted by atomic mass is 35.5. The molecule has 0 saturated carbocycles. The first kappa shape index (κ1) is 23.9. The number of hydrogen-bond acceptors (Lipinski definition) is 6. The van der Waals surface area contributed by atoms with Crippen LogP contribution in [0.5, 0.6) is 5.75 Å².